The van der Waals surface area contributed by atoms with E-state index in [1.807, 2.05) is 6.07 Å². The number of ether oxygens (including phenoxy) is 1. The molecule has 0 spiro atoms. The van der Waals surface area contributed by atoms with Crippen molar-refractivity contribution in [1.82, 2.24) is 19.0 Å². The molecule has 1 unspecified atom stereocenters. The average molecular weight is 536 g/mol. The monoisotopic (exact) mass is 536 g/mol. The SMILES string of the molecule is Cn1c(=O)n(C(CCC(=O)O)C(=O)O)c(=O)n([C@@H](CCCCNC(=O)OCc2ccccc2)C(=O)O)c1=O. The number of carboxylic acids is 3. The van der Waals surface area contributed by atoms with Crippen LogP contribution < -0.4 is 22.4 Å². The fourth-order valence-corrected chi connectivity index (χ4v) is 3.63. The first-order chi connectivity index (χ1) is 18.0. The van der Waals surface area contributed by atoms with E-state index in [2.05, 4.69) is 5.32 Å². The number of carbonyl (C=O) groups is 4. The van der Waals surface area contributed by atoms with E-state index in [4.69, 9.17) is 9.84 Å². The molecule has 0 saturated heterocycles. The molecule has 0 aliphatic heterocycles. The van der Waals surface area contributed by atoms with E-state index < -0.39 is 66.0 Å². The zero-order valence-corrected chi connectivity index (χ0v) is 20.4. The maximum Gasteiger partial charge on any atom is 0.407 e. The Balaban J connectivity index is 2.15. The van der Waals surface area contributed by atoms with Crippen LogP contribution in [0.2, 0.25) is 0 Å². The lowest BCUT2D eigenvalue weighted by Gasteiger charge is -2.20. The zero-order chi connectivity index (χ0) is 28.4. The predicted octanol–water partition coefficient (Wildman–Crippen LogP) is -0.0784. The van der Waals surface area contributed by atoms with E-state index in [1.54, 1.807) is 24.3 Å². The minimum Gasteiger partial charge on any atom is -0.481 e. The first-order valence-electron chi connectivity index (χ1n) is 11.5. The summed E-state index contributed by atoms with van der Waals surface area (Å²) in [5, 5.41) is 30.5. The van der Waals surface area contributed by atoms with Crippen LogP contribution in [0.1, 0.15) is 49.8 Å². The fourth-order valence-electron chi connectivity index (χ4n) is 3.63. The summed E-state index contributed by atoms with van der Waals surface area (Å²) in [6, 6.07) is 5.25. The molecule has 0 bridgehead atoms. The molecule has 2 aromatic rings. The minimum atomic E-state index is -1.94. The molecule has 1 amide bonds. The van der Waals surface area contributed by atoms with Crippen molar-refractivity contribution in [3.05, 3.63) is 67.3 Å². The number of carboxylic acid groups (broad SMARTS) is 3. The number of benzene rings is 1. The number of unbranched alkanes of at least 4 members (excludes halogenated alkanes) is 1. The third-order valence-corrected chi connectivity index (χ3v) is 5.61. The highest BCUT2D eigenvalue weighted by Gasteiger charge is 2.31. The van der Waals surface area contributed by atoms with Gasteiger partial charge in [-0.3, -0.25) is 4.79 Å². The number of carbonyl (C=O) groups excluding carboxylic acids is 1. The van der Waals surface area contributed by atoms with Crippen LogP contribution in [0.4, 0.5) is 4.79 Å². The van der Waals surface area contributed by atoms with Crippen LogP contribution in [0.25, 0.3) is 0 Å². The summed E-state index contributed by atoms with van der Waals surface area (Å²) < 4.78 is 5.88. The van der Waals surface area contributed by atoms with Gasteiger partial charge < -0.3 is 25.4 Å². The first kappa shape index (κ1) is 29.5. The number of nitrogens with one attached hydrogen (secondary N) is 1. The Kier molecular flexibility index (Phi) is 10.6. The van der Waals surface area contributed by atoms with Crippen molar-refractivity contribution in [2.45, 2.75) is 50.8 Å². The lowest BCUT2D eigenvalue weighted by Crippen LogP contribution is -2.57. The quantitative estimate of drug-likeness (QED) is 0.234. The van der Waals surface area contributed by atoms with E-state index in [0.717, 1.165) is 12.6 Å². The smallest absolute Gasteiger partial charge is 0.407 e. The average Bonchev–Trinajstić information content (AvgIpc) is 2.86. The summed E-state index contributed by atoms with van der Waals surface area (Å²) in [4.78, 5) is 84.6. The number of amides is 1. The molecule has 1 aromatic carbocycles. The van der Waals surface area contributed by atoms with Gasteiger partial charge >= 0.3 is 41.1 Å². The highest BCUT2D eigenvalue weighted by atomic mass is 16.5. The largest absolute Gasteiger partial charge is 0.481 e. The summed E-state index contributed by atoms with van der Waals surface area (Å²) >= 11 is 0. The number of hydrogen-bond donors (Lipinski definition) is 4. The molecule has 2 atom stereocenters. The number of aliphatic carboxylic acids is 3. The number of nitrogens with zero attached hydrogens (tertiary/aromatic N) is 3. The van der Waals surface area contributed by atoms with E-state index in [1.165, 1.54) is 0 Å². The van der Waals surface area contributed by atoms with Gasteiger partial charge in [-0.2, -0.15) is 0 Å². The molecule has 0 fully saturated rings. The van der Waals surface area contributed by atoms with E-state index >= 15 is 0 Å². The molecule has 1 aromatic heterocycles. The lowest BCUT2D eigenvalue weighted by molar-refractivity contribution is -0.142. The molecular weight excluding hydrogens is 508 g/mol. The van der Waals surface area contributed by atoms with Crippen LogP contribution in [-0.2, 0) is 32.8 Å². The van der Waals surface area contributed by atoms with Crippen LogP contribution in [0, 0.1) is 0 Å². The van der Waals surface area contributed by atoms with Crippen molar-refractivity contribution in [2.24, 2.45) is 7.05 Å². The van der Waals surface area contributed by atoms with Gasteiger partial charge in [0.05, 0.1) is 0 Å². The Morgan fingerprint density at radius 1 is 0.842 bits per heavy atom. The molecule has 38 heavy (non-hydrogen) atoms. The molecule has 2 rings (SSSR count). The predicted molar refractivity (Wildman–Crippen MR) is 129 cm³/mol. The molecule has 0 aliphatic carbocycles. The third-order valence-electron chi connectivity index (χ3n) is 5.61. The Labute approximate surface area is 214 Å². The summed E-state index contributed by atoms with van der Waals surface area (Å²) in [6.45, 7) is 0.155. The number of hydrogen-bond acceptors (Lipinski definition) is 8. The molecule has 206 valence electrons. The first-order valence-corrected chi connectivity index (χ1v) is 11.5. The summed E-state index contributed by atoms with van der Waals surface area (Å²) in [5.74, 6) is -4.66. The highest BCUT2D eigenvalue weighted by molar-refractivity contribution is 5.74. The van der Waals surface area contributed by atoms with Gasteiger partial charge in [0, 0.05) is 20.0 Å². The van der Waals surface area contributed by atoms with Crippen molar-refractivity contribution in [2.75, 3.05) is 6.54 Å². The number of aromatic nitrogens is 3. The van der Waals surface area contributed by atoms with Crippen LogP contribution in [-0.4, -0.2) is 59.6 Å². The van der Waals surface area contributed by atoms with Crippen LogP contribution in [0.5, 0.6) is 0 Å². The standard InChI is InChI=1S/C23H28N4O11/c1-25-21(35)26(23(37)27(22(25)36)16(19(32)33)10-11-17(28)29)15(18(30)31)9-5-6-12-24-20(34)38-13-14-7-3-2-4-8-14/h2-4,7-8,15-16H,5-6,9-13H2,1H3,(H,24,34)(H,28,29)(H,30,31)(H,32,33)/t15-,16?/m0/s1. The molecule has 15 nitrogen and oxygen atoms in total. The summed E-state index contributed by atoms with van der Waals surface area (Å²) in [5.41, 5.74) is -3.29. The van der Waals surface area contributed by atoms with Crippen molar-refractivity contribution in [3.63, 3.8) is 0 Å². The summed E-state index contributed by atoms with van der Waals surface area (Å²) in [7, 11) is 0.942. The molecule has 0 saturated carbocycles. The molecular formula is C23H28N4O11. The number of alkyl carbamates (subject to hydrolysis) is 1. The minimum absolute atomic E-state index is 0.0550. The Morgan fingerprint density at radius 3 is 1.92 bits per heavy atom. The van der Waals surface area contributed by atoms with Crippen molar-refractivity contribution >= 4 is 24.0 Å². The van der Waals surface area contributed by atoms with Gasteiger partial charge in [0.1, 0.15) is 18.7 Å². The van der Waals surface area contributed by atoms with Crippen LogP contribution in [0.3, 0.4) is 0 Å². The molecule has 4 N–H and O–H groups in total. The molecule has 0 aliphatic rings. The molecule has 0 radical (unpaired) electrons. The topological polar surface area (TPSA) is 216 Å². The third kappa shape index (κ3) is 7.65. The van der Waals surface area contributed by atoms with Crippen molar-refractivity contribution in [3.8, 4) is 0 Å². The zero-order valence-electron chi connectivity index (χ0n) is 20.4. The maximum atomic E-state index is 13.0. The van der Waals surface area contributed by atoms with Gasteiger partial charge in [0.25, 0.3) is 0 Å². The van der Waals surface area contributed by atoms with Crippen molar-refractivity contribution in [1.29, 1.82) is 0 Å². The van der Waals surface area contributed by atoms with E-state index in [0.29, 0.717) is 4.57 Å². The number of rotatable bonds is 14. The molecule has 15 heteroatoms. The molecule has 1 heterocycles. The van der Waals surface area contributed by atoms with Crippen LogP contribution in [0.15, 0.2) is 44.7 Å². The second kappa shape index (κ2) is 13.6. The Hall–Kier alpha value is -4.69. The van der Waals surface area contributed by atoms with Crippen molar-refractivity contribution < 1.29 is 39.2 Å². The normalized spacial score (nSPS) is 12.3. The van der Waals surface area contributed by atoms with Gasteiger partial charge in [0.15, 0.2) is 0 Å². The van der Waals surface area contributed by atoms with Gasteiger partial charge in [-0.15, -0.1) is 0 Å². The summed E-state index contributed by atoms with van der Waals surface area (Å²) in [6.07, 6.45) is -1.95. The second-order valence-electron chi connectivity index (χ2n) is 8.27. The van der Waals surface area contributed by atoms with Gasteiger partial charge in [-0.05, 0) is 31.2 Å². The van der Waals surface area contributed by atoms with Gasteiger partial charge in [-0.1, -0.05) is 30.3 Å². The Bertz CT molecular complexity index is 1340. The lowest BCUT2D eigenvalue weighted by atomic mass is 10.1. The van der Waals surface area contributed by atoms with E-state index in [9.17, 15) is 43.8 Å². The second-order valence-corrected chi connectivity index (χ2v) is 8.27. The van der Waals surface area contributed by atoms with Crippen LogP contribution >= 0.6 is 0 Å². The maximum absolute atomic E-state index is 13.0. The fraction of sp³-hybridized carbons (Fsp3) is 0.435. The highest BCUT2D eigenvalue weighted by Crippen LogP contribution is 2.14. The van der Waals surface area contributed by atoms with E-state index in [-0.39, 0.29) is 41.5 Å². The van der Waals surface area contributed by atoms with Gasteiger partial charge in [-0.25, -0.2) is 42.5 Å². The Morgan fingerprint density at radius 2 is 1.39 bits per heavy atom. The van der Waals surface area contributed by atoms with Gasteiger partial charge in [0.2, 0.25) is 0 Å².